The molecule has 1 aromatic heterocycles. The largest absolute Gasteiger partial charge is 0.288 e. The lowest BCUT2D eigenvalue weighted by molar-refractivity contribution is 0.103. The van der Waals surface area contributed by atoms with Crippen LogP contribution in [-0.4, -0.2) is 5.78 Å². The highest BCUT2D eigenvalue weighted by Gasteiger charge is 2.15. The Morgan fingerprint density at radius 2 is 1.76 bits per heavy atom. The van der Waals surface area contributed by atoms with Crippen LogP contribution in [0.2, 0.25) is 0 Å². The number of carbonyl (C=O) groups excluding carboxylic acids is 1. The van der Waals surface area contributed by atoms with Crippen molar-refractivity contribution < 1.29 is 13.6 Å². The highest BCUT2D eigenvalue weighted by atomic mass is 32.1. The standard InChI is InChI=1S/C20H11F2NOS/c21-18-7-6-14(10-19(18)22)20(24)15(11-23)8-17-9-16(12-25-17)13-4-2-1-3-5-13/h1-10,12H. The van der Waals surface area contributed by atoms with E-state index in [1.807, 2.05) is 47.8 Å². The average molecular weight is 351 g/mol. The van der Waals surface area contributed by atoms with E-state index in [1.165, 1.54) is 17.4 Å². The van der Waals surface area contributed by atoms with Gasteiger partial charge < -0.3 is 0 Å². The number of hydrogen-bond acceptors (Lipinski definition) is 3. The number of allylic oxidation sites excluding steroid dienone is 1. The molecule has 0 saturated carbocycles. The van der Waals surface area contributed by atoms with Crippen molar-refractivity contribution in [3.63, 3.8) is 0 Å². The third-order valence-corrected chi connectivity index (χ3v) is 4.44. The van der Waals surface area contributed by atoms with Gasteiger partial charge in [0.25, 0.3) is 0 Å². The number of thiophene rings is 1. The number of nitriles is 1. The van der Waals surface area contributed by atoms with Gasteiger partial charge in [-0.2, -0.15) is 5.26 Å². The molecule has 0 amide bonds. The Morgan fingerprint density at radius 1 is 1.00 bits per heavy atom. The van der Waals surface area contributed by atoms with E-state index in [0.717, 1.165) is 34.2 Å². The number of halogens is 2. The van der Waals surface area contributed by atoms with E-state index in [2.05, 4.69) is 0 Å². The summed E-state index contributed by atoms with van der Waals surface area (Å²) < 4.78 is 26.3. The van der Waals surface area contributed by atoms with Crippen molar-refractivity contribution in [2.75, 3.05) is 0 Å². The topological polar surface area (TPSA) is 40.9 Å². The molecule has 0 atom stereocenters. The summed E-state index contributed by atoms with van der Waals surface area (Å²) in [5.74, 6) is -2.80. The molecule has 0 aliphatic carbocycles. The molecule has 3 rings (SSSR count). The number of benzene rings is 2. The lowest BCUT2D eigenvalue weighted by atomic mass is 10.0. The first-order valence-electron chi connectivity index (χ1n) is 7.34. The minimum Gasteiger partial charge on any atom is -0.288 e. The molecule has 0 spiro atoms. The van der Waals surface area contributed by atoms with Crippen LogP contribution in [0.1, 0.15) is 15.2 Å². The second kappa shape index (κ2) is 7.20. The number of rotatable bonds is 4. The van der Waals surface area contributed by atoms with Gasteiger partial charge in [0.05, 0.1) is 0 Å². The Labute approximate surface area is 147 Å². The van der Waals surface area contributed by atoms with Gasteiger partial charge in [-0.25, -0.2) is 8.78 Å². The molecule has 1 heterocycles. The van der Waals surface area contributed by atoms with Gasteiger partial charge >= 0.3 is 0 Å². The molecular weight excluding hydrogens is 340 g/mol. The van der Waals surface area contributed by atoms with Crippen LogP contribution in [0.3, 0.4) is 0 Å². The van der Waals surface area contributed by atoms with Crippen LogP contribution in [0.25, 0.3) is 17.2 Å². The normalized spacial score (nSPS) is 11.2. The summed E-state index contributed by atoms with van der Waals surface area (Å²) in [5, 5.41) is 11.2. The van der Waals surface area contributed by atoms with Crippen LogP contribution in [0.4, 0.5) is 8.78 Å². The molecule has 5 heteroatoms. The Kier molecular flexibility index (Phi) is 4.82. The Hall–Kier alpha value is -3.10. The van der Waals surface area contributed by atoms with Crippen LogP contribution >= 0.6 is 11.3 Å². The fraction of sp³-hybridized carbons (Fsp3) is 0. The second-order valence-electron chi connectivity index (χ2n) is 5.23. The van der Waals surface area contributed by atoms with Crippen molar-refractivity contribution in [2.45, 2.75) is 0 Å². The van der Waals surface area contributed by atoms with E-state index in [9.17, 15) is 18.8 Å². The van der Waals surface area contributed by atoms with Crippen molar-refractivity contribution in [1.82, 2.24) is 0 Å². The molecule has 0 aliphatic heterocycles. The highest BCUT2D eigenvalue weighted by Crippen LogP contribution is 2.27. The first kappa shape index (κ1) is 16.7. The smallest absolute Gasteiger partial charge is 0.203 e. The zero-order valence-electron chi connectivity index (χ0n) is 12.9. The highest BCUT2D eigenvalue weighted by molar-refractivity contribution is 7.11. The number of nitrogens with zero attached hydrogens (tertiary/aromatic N) is 1. The van der Waals surface area contributed by atoms with E-state index in [4.69, 9.17) is 0 Å². The SMILES string of the molecule is N#CC(=Cc1cc(-c2ccccc2)cs1)C(=O)c1ccc(F)c(F)c1. The number of Topliss-reactive ketones (excluding diaryl/α,β-unsaturated/α-hetero) is 1. The summed E-state index contributed by atoms with van der Waals surface area (Å²) in [6.45, 7) is 0. The minimum atomic E-state index is -1.12. The monoisotopic (exact) mass is 351 g/mol. The zero-order valence-corrected chi connectivity index (χ0v) is 13.7. The first-order valence-corrected chi connectivity index (χ1v) is 8.22. The van der Waals surface area contributed by atoms with E-state index in [1.54, 1.807) is 0 Å². The van der Waals surface area contributed by atoms with Gasteiger partial charge in [0.15, 0.2) is 11.6 Å². The quantitative estimate of drug-likeness (QED) is 0.355. The van der Waals surface area contributed by atoms with Gasteiger partial charge in [-0.1, -0.05) is 30.3 Å². The van der Waals surface area contributed by atoms with E-state index >= 15 is 0 Å². The molecule has 0 aliphatic rings. The van der Waals surface area contributed by atoms with Crippen molar-refractivity contribution in [3.8, 4) is 17.2 Å². The Bertz CT molecular complexity index is 1000. The summed E-state index contributed by atoms with van der Waals surface area (Å²) in [4.78, 5) is 13.1. The molecule has 0 bridgehead atoms. The first-order chi connectivity index (χ1) is 12.1. The van der Waals surface area contributed by atoms with E-state index in [-0.39, 0.29) is 11.1 Å². The summed E-state index contributed by atoms with van der Waals surface area (Å²) in [5.41, 5.74) is 1.82. The minimum absolute atomic E-state index is 0.0634. The lowest BCUT2D eigenvalue weighted by Crippen LogP contribution is -2.03. The zero-order chi connectivity index (χ0) is 17.8. The maximum Gasteiger partial charge on any atom is 0.203 e. The van der Waals surface area contributed by atoms with E-state index < -0.39 is 17.4 Å². The molecule has 25 heavy (non-hydrogen) atoms. The van der Waals surface area contributed by atoms with Crippen molar-refractivity contribution in [3.05, 3.63) is 87.6 Å². The maximum absolute atomic E-state index is 13.3. The van der Waals surface area contributed by atoms with E-state index in [0.29, 0.717) is 0 Å². The number of hydrogen-bond donors (Lipinski definition) is 0. The number of carbonyl (C=O) groups is 1. The maximum atomic E-state index is 13.3. The van der Waals surface area contributed by atoms with Crippen LogP contribution in [0.15, 0.2) is 65.6 Å². The molecule has 0 saturated heterocycles. The molecule has 3 aromatic rings. The van der Waals surface area contributed by atoms with Crippen LogP contribution in [-0.2, 0) is 0 Å². The van der Waals surface area contributed by atoms with Crippen LogP contribution in [0.5, 0.6) is 0 Å². The van der Waals surface area contributed by atoms with Gasteiger partial charge in [-0.3, -0.25) is 4.79 Å². The average Bonchev–Trinajstić information content (AvgIpc) is 3.11. The Morgan fingerprint density at radius 3 is 2.44 bits per heavy atom. The molecular formula is C20H11F2NOS. The third kappa shape index (κ3) is 3.70. The lowest BCUT2D eigenvalue weighted by Gasteiger charge is -2.00. The second-order valence-corrected chi connectivity index (χ2v) is 6.17. The van der Waals surface area contributed by atoms with Crippen molar-refractivity contribution in [2.24, 2.45) is 0 Å². The predicted molar refractivity (Wildman–Crippen MR) is 94.0 cm³/mol. The summed E-state index contributed by atoms with van der Waals surface area (Å²) in [6, 6.07) is 16.2. The van der Waals surface area contributed by atoms with Gasteiger partial charge in [0, 0.05) is 10.4 Å². The molecule has 2 aromatic carbocycles. The van der Waals surface area contributed by atoms with Gasteiger partial charge in [-0.15, -0.1) is 11.3 Å². The predicted octanol–water partition coefficient (Wildman–Crippen LogP) is 5.48. The van der Waals surface area contributed by atoms with Crippen LogP contribution in [0, 0.1) is 23.0 Å². The molecule has 2 nitrogen and oxygen atoms in total. The number of ketones is 1. The Balaban J connectivity index is 1.90. The third-order valence-electron chi connectivity index (χ3n) is 3.56. The van der Waals surface area contributed by atoms with Crippen LogP contribution < -0.4 is 0 Å². The van der Waals surface area contributed by atoms with Gasteiger partial charge in [0.2, 0.25) is 5.78 Å². The van der Waals surface area contributed by atoms with Gasteiger partial charge in [-0.05, 0) is 46.8 Å². The van der Waals surface area contributed by atoms with Crippen molar-refractivity contribution >= 4 is 23.2 Å². The molecule has 0 unspecified atom stereocenters. The summed E-state index contributed by atoms with van der Waals surface area (Å²) in [7, 11) is 0. The fourth-order valence-corrected chi connectivity index (χ4v) is 3.14. The van der Waals surface area contributed by atoms with Crippen molar-refractivity contribution in [1.29, 1.82) is 5.26 Å². The summed E-state index contributed by atoms with van der Waals surface area (Å²) in [6.07, 6.45) is 1.46. The fourth-order valence-electron chi connectivity index (χ4n) is 2.29. The van der Waals surface area contributed by atoms with Gasteiger partial charge in [0.1, 0.15) is 11.6 Å². The molecule has 0 radical (unpaired) electrons. The molecule has 0 fully saturated rings. The molecule has 0 N–H and O–H groups in total. The molecule has 122 valence electrons. The summed E-state index contributed by atoms with van der Waals surface area (Å²) >= 11 is 1.39.